The monoisotopic (exact) mass is 289 g/mol. The summed E-state index contributed by atoms with van der Waals surface area (Å²) in [5.41, 5.74) is 3.86. The third kappa shape index (κ3) is 3.67. The lowest BCUT2D eigenvalue weighted by molar-refractivity contribution is -0.0174. The number of aliphatic hydroxyl groups is 1. The summed E-state index contributed by atoms with van der Waals surface area (Å²) in [4.78, 5) is 2.28. The second-order valence-corrected chi connectivity index (χ2v) is 7.05. The van der Waals surface area contributed by atoms with Gasteiger partial charge in [0, 0.05) is 12.0 Å². The van der Waals surface area contributed by atoms with Crippen LogP contribution in [0.2, 0.25) is 0 Å². The third-order valence-electron chi connectivity index (χ3n) is 5.48. The molecule has 1 fully saturated rings. The van der Waals surface area contributed by atoms with E-state index in [9.17, 15) is 5.11 Å². The zero-order valence-electron chi connectivity index (χ0n) is 14.2. The number of aliphatic hydroxyl groups excluding tert-OH is 1. The number of hydrogen-bond donors (Lipinski definition) is 1. The van der Waals surface area contributed by atoms with Crippen LogP contribution in [0.4, 0.5) is 0 Å². The highest BCUT2D eigenvalue weighted by Gasteiger charge is 2.39. The number of benzene rings is 1. The van der Waals surface area contributed by atoms with Crippen molar-refractivity contribution in [3.8, 4) is 0 Å². The molecule has 0 aliphatic heterocycles. The lowest BCUT2D eigenvalue weighted by Crippen LogP contribution is -2.54. The Morgan fingerprint density at radius 1 is 1.05 bits per heavy atom. The van der Waals surface area contributed by atoms with Gasteiger partial charge in [0.2, 0.25) is 0 Å². The predicted molar refractivity (Wildman–Crippen MR) is 89.7 cm³/mol. The lowest BCUT2D eigenvalue weighted by Gasteiger charge is -2.43. The summed E-state index contributed by atoms with van der Waals surface area (Å²) in [5, 5.41) is 11.0. The molecule has 0 spiro atoms. The standard InChI is InChI=1S/C19H31NO/c1-15-9-10-17(13-16(15)2)14-18(21)19(20(3)4)11-7-5-6-8-12-19/h9-10,13,18,21H,5-8,11-12,14H2,1-4H3. The summed E-state index contributed by atoms with van der Waals surface area (Å²) in [7, 11) is 4.27. The van der Waals surface area contributed by atoms with Gasteiger partial charge in [-0.1, -0.05) is 43.9 Å². The maximum Gasteiger partial charge on any atom is 0.0763 e. The Labute approximate surface area is 130 Å². The van der Waals surface area contributed by atoms with Crippen LogP contribution in [0, 0.1) is 13.8 Å². The molecular weight excluding hydrogens is 258 g/mol. The number of nitrogens with zero attached hydrogens (tertiary/aromatic N) is 1. The van der Waals surface area contributed by atoms with Crippen LogP contribution in [-0.4, -0.2) is 35.7 Å². The highest BCUT2D eigenvalue weighted by atomic mass is 16.3. The van der Waals surface area contributed by atoms with Crippen molar-refractivity contribution in [3.63, 3.8) is 0 Å². The van der Waals surface area contributed by atoms with Gasteiger partial charge in [0.15, 0.2) is 0 Å². The number of aryl methyl sites for hydroxylation is 2. The summed E-state index contributed by atoms with van der Waals surface area (Å²) >= 11 is 0. The van der Waals surface area contributed by atoms with Gasteiger partial charge in [0.05, 0.1) is 6.10 Å². The second-order valence-electron chi connectivity index (χ2n) is 7.05. The van der Waals surface area contributed by atoms with Crippen molar-refractivity contribution in [2.24, 2.45) is 0 Å². The first-order valence-corrected chi connectivity index (χ1v) is 8.37. The molecule has 2 nitrogen and oxygen atoms in total. The Morgan fingerprint density at radius 2 is 1.67 bits per heavy atom. The summed E-state index contributed by atoms with van der Waals surface area (Å²) in [6, 6.07) is 6.58. The van der Waals surface area contributed by atoms with Crippen LogP contribution >= 0.6 is 0 Å². The molecule has 1 unspecified atom stereocenters. The summed E-state index contributed by atoms with van der Waals surface area (Å²) in [5.74, 6) is 0. The van der Waals surface area contributed by atoms with E-state index in [4.69, 9.17) is 0 Å². The van der Waals surface area contributed by atoms with E-state index in [0.717, 1.165) is 19.3 Å². The van der Waals surface area contributed by atoms with Gasteiger partial charge in [-0.05, 0) is 57.5 Å². The second kappa shape index (κ2) is 6.93. The normalized spacial score (nSPS) is 20.3. The number of hydrogen-bond acceptors (Lipinski definition) is 2. The van der Waals surface area contributed by atoms with Gasteiger partial charge >= 0.3 is 0 Å². The minimum absolute atomic E-state index is 0.0463. The highest BCUT2D eigenvalue weighted by molar-refractivity contribution is 5.30. The van der Waals surface area contributed by atoms with Crippen LogP contribution in [0.25, 0.3) is 0 Å². The topological polar surface area (TPSA) is 23.5 Å². The summed E-state index contributed by atoms with van der Waals surface area (Å²) < 4.78 is 0. The zero-order valence-corrected chi connectivity index (χ0v) is 14.2. The average molecular weight is 289 g/mol. The fraction of sp³-hybridized carbons (Fsp3) is 0.684. The first-order valence-electron chi connectivity index (χ1n) is 8.37. The number of likely N-dealkylation sites (N-methyl/N-ethyl adjacent to an activating group) is 1. The molecule has 21 heavy (non-hydrogen) atoms. The molecule has 1 aliphatic carbocycles. The van der Waals surface area contributed by atoms with Crippen LogP contribution in [0.3, 0.4) is 0 Å². The molecule has 1 aromatic rings. The molecule has 1 saturated carbocycles. The molecular formula is C19H31NO. The Bertz CT molecular complexity index is 459. The minimum atomic E-state index is -0.285. The minimum Gasteiger partial charge on any atom is -0.391 e. The van der Waals surface area contributed by atoms with Crippen LogP contribution < -0.4 is 0 Å². The van der Waals surface area contributed by atoms with Crippen molar-refractivity contribution < 1.29 is 5.11 Å². The van der Waals surface area contributed by atoms with E-state index >= 15 is 0 Å². The summed E-state index contributed by atoms with van der Waals surface area (Å²) in [6.07, 6.45) is 7.81. The van der Waals surface area contributed by atoms with Gasteiger partial charge < -0.3 is 10.0 Å². The zero-order chi connectivity index (χ0) is 15.5. The van der Waals surface area contributed by atoms with E-state index in [1.165, 1.54) is 42.4 Å². The molecule has 1 atom stereocenters. The molecule has 1 aliphatic rings. The molecule has 0 aromatic heterocycles. The SMILES string of the molecule is Cc1ccc(CC(O)C2(N(C)C)CCCCCC2)cc1C. The smallest absolute Gasteiger partial charge is 0.0763 e. The van der Waals surface area contributed by atoms with E-state index in [1.807, 2.05) is 0 Å². The van der Waals surface area contributed by atoms with Crippen molar-refractivity contribution in [3.05, 3.63) is 34.9 Å². The molecule has 0 radical (unpaired) electrons. The largest absolute Gasteiger partial charge is 0.391 e. The van der Waals surface area contributed by atoms with Crippen molar-refractivity contribution in [1.82, 2.24) is 4.90 Å². The third-order valence-corrected chi connectivity index (χ3v) is 5.48. The van der Waals surface area contributed by atoms with Crippen LogP contribution in [0.5, 0.6) is 0 Å². The molecule has 0 saturated heterocycles. The van der Waals surface area contributed by atoms with Gasteiger partial charge in [-0.15, -0.1) is 0 Å². The maximum atomic E-state index is 11.0. The number of rotatable bonds is 4. The van der Waals surface area contributed by atoms with Crippen LogP contribution in [0.1, 0.15) is 55.2 Å². The van der Waals surface area contributed by atoms with E-state index in [-0.39, 0.29) is 11.6 Å². The van der Waals surface area contributed by atoms with Crippen molar-refractivity contribution >= 4 is 0 Å². The van der Waals surface area contributed by atoms with Gasteiger partial charge in [-0.3, -0.25) is 0 Å². The van der Waals surface area contributed by atoms with Gasteiger partial charge in [0.1, 0.15) is 0 Å². The summed E-state index contributed by atoms with van der Waals surface area (Å²) in [6.45, 7) is 4.29. The van der Waals surface area contributed by atoms with E-state index in [2.05, 4.69) is 51.0 Å². The molecule has 1 aromatic carbocycles. The fourth-order valence-corrected chi connectivity index (χ4v) is 3.76. The van der Waals surface area contributed by atoms with E-state index < -0.39 is 0 Å². The van der Waals surface area contributed by atoms with Crippen molar-refractivity contribution in [2.75, 3.05) is 14.1 Å². The van der Waals surface area contributed by atoms with E-state index in [0.29, 0.717) is 0 Å². The van der Waals surface area contributed by atoms with E-state index in [1.54, 1.807) is 0 Å². The molecule has 2 heteroatoms. The highest BCUT2D eigenvalue weighted by Crippen LogP contribution is 2.35. The Hall–Kier alpha value is -0.860. The Morgan fingerprint density at radius 3 is 2.19 bits per heavy atom. The Kier molecular flexibility index (Phi) is 5.45. The van der Waals surface area contributed by atoms with Crippen LogP contribution in [0.15, 0.2) is 18.2 Å². The predicted octanol–water partition coefficient (Wildman–Crippen LogP) is 3.86. The molecule has 1 N–H and O–H groups in total. The average Bonchev–Trinajstić information content (AvgIpc) is 2.69. The molecule has 118 valence electrons. The molecule has 0 amide bonds. The van der Waals surface area contributed by atoms with Crippen molar-refractivity contribution in [1.29, 1.82) is 0 Å². The molecule has 0 heterocycles. The first-order chi connectivity index (χ1) is 9.95. The molecule has 0 bridgehead atoms. The van der Waals surface area contributed by atoms with Crippen molar-refractivity contribution in [2.45, 2.75) is 70.4 Å². The lowest BCUT2D eigenvalue weighted by atomic mass is 9.80. The first kappa shape index (κ1) is 16.5. The Balaban J connectivity index is 2.17. The maximum absolute atomic E-state index is 11.0. The van der Waals surface area contributed by atoms with Gasteiger partial charge in [-0.2, -0.15) is 0 Å². The van der Waals surface area contributed by atoms with Crippen LogP contribution in [-0.2, 0) is 6.42 Å². The van der Waals surface area contributed by atoms with Gasteiger partial charge in [0.25, 0.3) is 0 Å². The molecule has 2 rings (SSSR count). The quantitative estimate of drug-likeness (QED) is 0.851. The fourth-order valence-electron chi connectivity index (χ4n) is 3.76. The van der Waals surface area contributed by atoms with Gasteiger partial charge in [-0.25, -0.2) is 0 Å².